The van der Waals surface area contributed by atoms with Gasteiger partial charge in [0.15, 0.2) is 5.82 Å². The molecule has 31 heavy (non-hydrogen) atoms. The van der Waals surface area contributed by atoms with E-state index in [-0.39, 0.29) is 41.6 Å². The van der Waals surface area contributed by atoms with E-state index in [1.165, 1.54) is 0 Å². The van der Waals surface area contributed by atoms with Crippen LogP contribution in [0.1, 0.15) is 5.56 Å². The number of morpholine rings is 1. The number of pyridine rings is 1. The van der Waals surface area contributed by atoms with Gasteiger partial charge in [-0.15, -0.1) is 11.6 Å². The number of aromatic nitrogens is 4. The maximum atomic E-state index is 13.7. The van der Waals surface area contributed by atoms with Crippen LogP contribution in [0.2, 0.25) is 0 Å². The smallest absolute Gasteiger partial charge is 0.396 e. The standard InChI is InChI=1S/C18H21ClF3N7O2/c19-7-17(10-30)8-29(9-17)16-26-14(25-15(27-16)28-1-3-31-4-2-28)11-6-24-13(23)5-12(11)18(20,21)22/h5-6,30H,1-4,7-10H2,(H2,23,24). The van der Waals surface area contributed by atoms with Crippen molar-refractivity contribution in [2.75, 3.05) is 67.4 Å². The summed E-state index contributed by atoms with van der Waals surface area (Å²) < 4.78 is 46.3. The average molecular weight is 460 g/mol. The molecule has 168 valence electrons. The van der Waals surface area contributed by atoms with Gasteiger partial charge in [-0.05, 0) is 6.07 Å². The number of nitrogen functional groups attached to an aromatic ring is 1. The highest BCUT2D eigenvalue weighted by Crippen LogP contribution is 2.38. The van der Waals surface area contributed by atoms with Crippen LogP contribution in [0.5, 0.6) is 0 Å². The predicted octanol–water partition coefficient (Wildman–Crippen LogP) is 1.41. The Morgan fingerprint density at radius 2 is 1.77 bits per heavy atom. The molecule has 2 aliphatic rings. The van der Waals surface area contributed by atoms with Crippen molar-refractivity contribution >= 4 is 29.3 Å². The van der Waals surface area contributed by atoms with Crippen molar-refractivity contribution in [3.63, 3.8) is 0 Å². The van der Waals surface area contributed by atoms with Crippen molar-refractivity contribution in [1.82, 2.24) is 19.9 Å². The second-order valence-electron chi connectivity index (χ2n) is 7.66. The van der Waals surface area contributed by atoms with Gasteiger partial charge in [0.05, 0.1) is 30.9 Å². The van der Waals surface area contributed by atoms with Crippen LogP contribution in [-0.2, 0) is 10.9 Å². The molecule has 2 aromatic rings. The van der Waals surface area contributed by atoms with E-state index >= 15 is 0 Å². The molecule has 2 aromatic heterocycles. The molecule has 0 aliphatic carbocycles. The minimum absolute atomic E-state index is 0.110. The molecule has 0 bridgehead atoms. The average Bonchev–Trinajstić information content (AvgIpc) is 2.73. The van der Waals surface area contributed by atoms with Crippen molar-refractivity contribution in [3.8, 4) is 11.4 Å². The van der Waals surface area contributed by atoms with Crippen molar-refractivity contribution in [2.45, 2.75) is 6.18 Å². The van der Waals surface area contributed by atoms with Crippen LogP contribution in [0.4, 0.5) is 30.9 Å². The van der Waals surface area contributed by atoms with Crippen molar-refractivity contribution in [1.29, 1.82) is 0 Å². The van der Waals surface area contributed by atoms with Crippen LogP contribution in [0.25, 0.3) is 11.4 Å². The predicted molar refractivity (Wildman–Crippen MR) is 108 cm³/mol. The van der Waals surface area contributed by atoms with E-state index in [0.29, 0.717) is 39.4 Å². The van der Waals surface area contributed by atoms with Gasteiger partial charge in [-0.25, -0.2) is 4.98 Å². The third-order valence-corrected chi connectivity index (χ3v) is 5.90. The van der Waals surface area contributed by atoms with E-state index in [4.69, 9.17) is 22.1 Å². The molecular formula is C18H21ClF3N7O2. The molecule has 3 N–H and O–H groups in total. The number of nitrogens with two attached hydrogens (primary N) is 1. The summed E-state index contributed by atoms with van der Waals surface area (Å²) in [6.07, 6.45) is -3.65. The van der Waals surface area contributed by atoms with Crippen molar-refractivity contribution in [2.24, 2.45) is 5.41 Å². The highest BCUT2D eigenvalue weighted by molar-refractivity contribution is 6.18. The minimum atomic E-state index is -4.67. The van der Waals surface area contributed by atoms with Gasteiger partial charge in [0, 0.05) is 43.7 Å². The summed E-state index contributed by atoms with van der Waals surface area (Å²) in [4.78, 5) is 20.5. The molecule has 13 heteroatoms. The van der Waals surface area contributed by atoms with Crippen LogP contribution < -0.4 is 15.5 Å². The molecule has 0 saturated carbocycles. The number of ether oxygens (including phenoxy) is 1. The Kier molecular flexibility index (Phi) is 5.79. The van der Waals surface area contributed by atoms with Gasteiger partial charge in [-0.2, -0.15) is 28.1 Å². The Morgan fingerprint density at radius 1 is 1.13 bits per heavy atom. The molecule has 2 aliphatic heterocycles. The van der Waals surface area contributed by atoms with Crippen LogP contribution >= 0.6 is 11.6 Å². The Hall–Kier alpha value is -2.44. The summed E-state index contributed by atoms with van der Waals surface area (Å²) in [5.74, 6) is 0.301. The zero-order valence-electron chi connectivity index (χ0n) is 16.4. The topological polar surface area (TPSA) is 114 Å². The fourth-order valence-corrected chi connectivity index (χ4v) is 3.79. The molecule has 0 atom stereocenters. The SMILES string of the molecule is Nc1cc(C(F)(F)F)c(-c2nc(N3CCOCC3)nc(N3CC(CO)(CCl)C3)n2)cn1. The third-order valence-electron chi connectivity index (χ3n) is 5.33. The highest BCUT2D eigenvalue weighted by Gasteiger charge is 2.44. The van der Waals surface area contributed by atoms with E-state index in [2.05, 4.69) is 19.9 Å². The van der Waals surface area contributed by atoms with E-state index in [1.807, 2.05) is 4.90 Å². The maximum absolute atomic E-state index is 13.7. The van der Waals surface area contributed by atoms with Gasteiger partial charge in [0.1, 0.15) is 5.82 Å². The van der Waals surface area contributed by atoms with E-state index in [0.717, 1.165) is 12.3 Å². The fraction of sp³-hybridized carbons (Fsp3) is 0.556. The number of hydrogen-bond donors (Lipinski definition) is 2. The normalized spacial score (nSPS) is 18.7. The summed E-state index contributed by atoms with van der Waals surface area (Å²) >= 11 is 5.97. The zero-order valence-corrected chi connectivity index (χ0v) is 17.2. The third kappa shape index (κ3) is 4.32. The van der Waals surface area contributed by atoms with Gasteiger partial charge < -0.3 is 25.4 Å². The van der Waals surface area contributed by atoms with Crippen molar-refractivity contribution < 1.29 is 23.0 Å². The molecular weight excluding hydrogens is 439 g/mol. The summed E-state index contributed by atoms with van der Waals surface area (Å²) in [6, 6.07) is 0.765. The molecule has 2 fully saturated rings. The molecule has 0 radical (unpaired) electrons. The first-order valence-electron chi connectivity index (χ1n) is 9.58. The van der Waals surface area contributed by atoms with Crippen LogP contribution in [0.15, 0.2) is 12.3 Å². The Balaban J connectivity index is 1.78. The zero-order chi connectivity index (χ0) is 22.2. The quantitative estimate of drug-likeness (QED) is 0.640. The number of hydrogen-bond acceptors (Lipinski definition) is 9. The largest absolute Gasteiger partial charge is 0.417 e. The van der Waals surface area contributed by atoms with Gasteiger partial charge in [0.2, 0.25) is 11.9 Å². The number of halogens is 4. The Morgan fingerprint density at radius 3 is 2.35 bits per heavy atom. The number of nitrogens with zero attached hydrogens (tertiary/aromatic N) is 6. The summed E-state index contributed by atoms with van der Waals surface area (Å²) in [5, 5.41) is 9.61. The second kappa shape index (κ2) is 8.24. The van der Waals surface area contributed by atoms with E-state index in [9.17, 15) is 18.3 Å². The first-order valence-corrected chi connectivity index (χ1v) is 10.1. The monoisotopic (exact) mass is 459 g/mol. The molecule has 4 rings (SSSR count). The molecule has 0 aromatic carbocycles. The first-order chi connectivity index (χ1) is 14.7. The number of alkyl halides is 4. The van der Waals surface area contributed by atoms with Gasteiger partial charge in [-0.3, -0.25) is 0 Å². The number of anilines is 3. The lowest BCUT2D eigenvalue weighted by molar-refractivity contribution is -0.137. The van der Waals surface area contributed by atoms with Gasteiger partial charge in [-0.1, -0.05) is 0 Å². The highest BCUT2D eigenvalue weighted by atomic mass is 35.5. The Bertz CT molecular complexity index is 944. The van der Waals surface area contributed by atoms with Crippen LogP contribution in [-0.4, -0.2) is 76.9 Å². The maximum Gasteiger partial charge on any atom is 0.417 e. The number of rotatable bonds is 5. The lowest BCUT2D eigenvalue weighted by Crippen LogP contribution is -2.60. The molecule has 4 heterocycles. The van der Waals surface area contributed by atoms with Gasteiger partial charge in [0.25, 0.3) is 0 Å². The van der Waals surface area contributed by atoms with Crippen LogP contribution in [0, 0.1) is 5.41 Å². The Labute approximate surface area is 181 Å². The van der Waals surface area contributed by atoms with Gasteiger partial charge >= 0.3 is 6.18 Å². The molecule has 0 amide bonds. The van der Waals surface area contributed by atoms with E-state index in [1.54, 1.807) is 4.90 Å². The summed E-state index contributed by atoms with van der Waals surface area (Å²) in [5.41, 5.74) is 3.74. The number of aliphatic hydroxyl groups excluding tert-OH is 1. The number of aliphatic hydroxyl groups is 1. The minimum Gasteiger partial charge on any atom is -0.396 e. The fourth-order valence-electron chi connectivity index (χ4n) is 3.54. The molecule has 0 unspecified atom stereocenters. The molecule has 0 spiro atoms. The first kappa shape index (κ1) is 21.8. The van der Waals surface area contributed by atoms with E-state index < -0.39 is 17.2 Å². The lowest BCUT2D eigenvalue weighted by atomic mass is 9.83. The van der Waals surface area contributed by atoms with Crippen molar-refractivity contribution in [3.05, 3.63) is 17.8 Å². The summed E-state index contributed by atoms with van der Waals surface area (Å²) in [7, 11) is 0. The lowest BCUT2D eigenvalue weighted by Gasteiger charge is -2.48. The summed E-state index contributed by atoms with van der Waals surface area (Å²) in [6.45, 7) is 2.56. The van der Waals surface area contributed by atoms with Crippen LogP contribution in [0.3, 0.4) is 0 Å². The molecule has 2 saturated heterocycles. The second-order valence-corrected chi connectivity index (χ2v) is 7.93. The molecule has 9 nitrogen and oxygen atoms in total.